The molecule has 0 saturated carbocycles. The van der Waals surface area contributed by atoms with Gasteiger partial charge in [0.05, 0.1) is 10.6 Å². The van der Waals surface area contributed by atoms with Gasteiger partial charge in [-0.1, -0.05) is 12.1 Å². The molecule has 0 aliphatic heterocycles. The van der Waals surface area contributed by atoms with E-state index >= 15 is 0 Å². The molecule has 0 heterocycles. The molecule has 2 aromatic carbocycles. The van der Waals surface area contributed by atoms with Gasteiger partial charge in [0.15, 0.2) is 0 Å². The van der Waals surface area contributed by atoms with E-state index in [1.54, 1.807) is 6.07 Å². The fourth-order valence-corrected chi connectivity index (χ4v) is 2.49. The van der Waals surface area contributed by atoms with Gasteiger partial charge in [0.1, 0.15) is 11.6 Å². The lowest BCUT2D eigenvalue weighted by Gasteiger charge is -2.13. The summed E-state index contributed by atoms with van der Waals surface area (Å²) in [5, 5.41) is 3.26. The summed E-state index contributed by atoms with van der Waals surface area (Å²) < 4.78 is 19.7. The number of hydrogen-bond donors (Lipinski definition) is 1. The lowest BCUT2D eigenvalue weighted by Crippen LogP contribution is -2.06. The summed E-state index contributed by atoms with van der Waals surface area (Å²) in [5.41, 5.74) is 2.89. The van der Waals surface area contributed by atoms with Gasteiger partial charge in [-0.2, -0.15) is 0 Å². The highest BCUT2D eigenvalue weighted by Crippen LogP contribution is 2.24. The molecule has 0 bridgehead atoms. The third-order valence-corrected chi connectivity index (χ3v) is 3.63. The molecule has 2 aromatic rings. The van der Waals surface area contributed by atoms with Crippen LogP contribution >= 0.6 is 15.9 Å². The van der Waals surface area contributed by atoms with Crippen molar-refractivity contribution in [3.05, 3.63) is 57.8 Å². The average molecular weight is 352 g/mol. The molecule has 2 nitrogen and oxygen atoms in total. The number of rotatable bonds is 5. The van der Waals surface area contributed by atoms with Crippen molar-refractivity contribution < 1.29 is 9.13 Å². The second-order valence-corrected chi connectivity index (χ2v) is 6.10. The van der Waals surface area contributed by atoms with E-state index in [9.17, 15) is 4.39 Å². The molecule has 0 fully saturated rings. The number of benzene rings is 2. The quantitative estimate of drug-likeness (QED) is 0.789. The first-order valence-corrected chi connectivity index (χ1v) is 7.70. The summed E-state index contributed by atoms with van der Waals surface area (Å²) in [7, 11) is 0. The van der Waals surface area contributed by atoms with E-state index in [0.717, 1.165) is 22.6 Å². The van der Waals surface area contributed by atoms with Crippen molar-refractivity contribution in [2.24, 2.45) is 0 Å². The highest BCUT2D eigenvalue weighted by Gasteiger charge is 2.05. The zero-order chi connectivity index (χ0) is 15.4. The molecule has 0 saturated heterocycles. The van der Waals surface area contributed by atoms with Crippen LogP contribution in [0.1, 0.15) is 25.0 Å². The minimum atomic E-state index is -0.264. The summed E-state index contributed by atoms with van der Waals surface area (Å²) in [6, 6.07) is 11.2. The molecule has 0 aromatic heterocycles. The Balaban J connectivity index is 2.08. The topological polar surface area (TPSA) is 21.3 Å². The largest absolute Gasteiger partial charge is 0.491 e. The van der Waals surface area contributed by atoms with E-state index in [1.165, 1.54) is 6.07 Å². The Bertz CT molecular complexity index is 628. The van der Waals surface area contributed by atoms with Crippen LogP contribution in [-0.4, -0.2) is 6.10 Å². The average Bonchev–Trinajstić information content (AvgIpc) is 2.41. The number of nitrogens with one attached hydrogen (secondary N) is 1. The molecule has 0 radical (unpaired) electrons. The molecule has 0 aliphatic rings. The molecule has 0 atom stereocenters. The fourth-order valence-electron chi connectivity index (χ4n) is 2.03. The molecule has 0 amide bonds. The van der Waals surface area contributed by atoms with Crippen LogP contribution in [0.3, 0.4) is 0 Å². The van der Waals surface area contributed by atoms with E-state index in [-0.39, 0.29) is 11.9 Å². The normalized spacial score (nSPS) is 10.8. The van der Waals surface area contributed by atoms with E-state index in [4.69, 9.17) is 4.74 Å². The van der Waals surface area contributed by atoms with Crippen LogP contribution in [0.15, 0.2) is 40.9 Å². The van der Waals surface area contributed by atoms with Crippen molar-refractivity contribution in [2.45, 2.75) is 33.4 Å². The maximum atomic E-state index is 13.6. The number of hydrogen-bond acceptors (Lipinski definition) is 2. The van der Waals surface area contributed by atoms with Crippen LogP contribution in [0, 0.1) is 12.7 Å². The third-order valence-electron chi connectivity index (χ3n) is 3.02. The monoisotopic (exact) mass is 351 g/mol. The summed E-state index contributed by atoms with van der Waals surface area (Å²) >= 11 is 3.19. The van der Waals surface area contributed by atoms with Crippen molar-refractivity contribution in [1.29, 1.82) is 0 Å². The molecule has 21 heavy (non-hydrogen) atoms. The Labute approximate surface area is 133 Å². The van der Waals surface area contributed by atoms with Crippen LogP contribution in [0.5, 0.6) is 5.75 Å². The molecule has 0 spiro atoms. The lowest BCUT2D eigenvalue weighted by molar-refractivity contribution is 0.242. The van der Waals surface area contributed by atoms with Crippen molar-refractivity contribution in [3.63, 3.8) is 0 Å². The first kappa shape index (κ1) is 15.8. The van der Waals surface area contributed by atoms with Gasteiger partial charge < -0.3 is 10.1 Å². The second kappa shape index (κ2) is 6.94. The Morgan fingerprint density at radius 2 is 2.00 bits per heavy atom. The van der Waals surface area contributed by atoms with E-state index in [0.29, 0.717) is 11.0 Å². The van der Waals surface area contributed by atoms with Gasteiger partial charge in [-0.15, -0.1) is 0 Å². The molecular formula is C17H19BrFNO. The SMILES string of the molecule is Cc1cc(Br)c(F)cc1NCc1cccc(OC(C)C)c1. The zero-order valence-corrected chi connectivity index (χ0v) is 14.0. The molecule has 0 unspecified atom stereocenters. The fraction of sp³-hybridized carbons (Fsp3) is 0.294. The van der Waals surface area contributed by atoms with Crippen molar-refractivity contribution >= 4 is 21.6 Å². The Kier molecular flexibility index (Phi) is 5.23. The maximum Gasteiger partial charge on any atom is 0.139 e. The minimum Gasteiger partial charge on any atom is -0.491 e. The molecular weight excluding hydrogens is 333 g/mol. The predicted octanol–water partition coefficient (Wildman–Crippen LogP) is 5.30. The third kappa shape index (κ3) is 4.46. The van der Waals surface area contributed by atoms with Crippen molar-refractivity contribution in [3.8, 4) is 5.75 Å². The summed E-state index contributed by atoms with van der Waals surface area (Å²) in [5.74, 6) is 0.586. The highest BCUT2D eigenvalue weighted by atomic mass is 79.9. The van der Waals surface area contributed by atoms with Gasteiger partial charge in [0, 0.05) is 12.2 Å². The first-order valence-electron chi connectivity index (χ1n) is 6.91. The van der Waals surface area contributed by atoms with E-state index < -0.39 is 0 Å². The van der Waals surface area contributed by atoms with Gasteiger partial charge in [-0.25, -0.2) is 4.39 Å². The van der Waals surface area contributed by atoms with Crippen LogP contribution in [0.2, 0.25) is 0 Å². The van der Waals surface area contributed by atoms with Gasteiger partial charge in [-0.3, -0.25) is 0 Å². The predicted molar refractivity (Wildman–Crippen MR) is 88.4 cm³/mol. The van der Waals surface area contributed by atoms with Crippen LogP contribution in [0.25, 0.3) is 0 Å². The standard InChI is InChI=1S/C17H19BrFNO/c1-11(2)21-14-6-4-5-13(8-14)10-20-17-9-16(19)15(18)7-12(17)3/h4-9,11,20H,10H2,1-3H3. The molecule has 112 valence electrons. The smallest absolute Gasteiger partial charge is 0.139 e. The second-order valence-electron chi connectivity index (χ2n) is 5.25. The minimum absolute atomic E-state index is 0.149. The molecule has 0 aliphatic carbocycles. The van der Waals surface area contributed by atoms with Gasteiger partial charge in [0.2, 0.25) is 0 Å². The highest BCUT2D eigenvalue weighted by molar-refractivity contribution is 9.10. The Hall–Kier alpha value is -1.55. The molecule has 2 rings (SSSR count). The van der Waals surface area contributed by atoms with E-state index in [2.05, 4.69) is 21.2 Å². The lowest BCUT2D eigenvalue weighted by atomic mass is 10.1. The molecule has 1 N–H and O–H groups in total. The maximum absolute atomic E-state index is 13.6. The number of anilines is 1. The zero-order valence-electron chi connectivity index (χ0n) is 12.4. The number of ether oxygens (including phenoxy) is 1. The number of aryl methyl sites for hydroxylation is 1. The van der Waals surface area contributed by atoms with Gasteiger partial charge in [-0.05, 0) is 72.1 Å². The van der Waals surface area contributed by atoms with Crippen LogP contribution in [-0.2, 0) is 6.54 Å². The van der Waals surface area contributed by atoms with Crippen LogP contribution in [0.4, 0.5) is 10.1 Å². The van der Waals surface area contributed by atoms with Crippen LogP contribution < -0.4 is 10.1 Å². The van der Waals surface area contributed by atoms with Crippen molar-refractivity contribution in [2.75, 3.05) is 5.32 Å². The number of halogens is 2. The van der Waals surface area contributed by atoms with Crippen molar-refractivity contribution in [1.82, 2.24) is 0 Å². The van der Waals surface area contributed by atoms with E-state index in [1.807, 2.05) is 45.0 Å². The summed E-state index contributed by atoms with van der Waals surface area (Å²) in [4.78, 5) is 0. The van der Waals surface area contributed by atoms with Gasteiger partial charge in [0.25, 0.3) is 0 Å². The first-order chi connectivity index (χ1) is 9.95. The Morgan fingerprint density at radius 1 is 1.24 bits per heavy atom. The molecule has 4 heteroatoms. The Morgan fingerprint density at radius 3 is 2.71 bits per heavy atom. The summed E-state index contributed by atoms with van der Waals surface area (Å²) in [6.07, 6.45) is 0.149. The summed E-state index contributed by atoms with van der Waals surface area (Å²) in [6.45, 7) is 6.57. The van der Waals surface area contributed by atoms with Gasteiger partial charge >= 0.3 is 0 Å².